The molecule has 1 rings (SSSR count). The minimum Gasteiger partial charge on any atom is -0.197 e. The summed E-state index contributed by atoms with van der Waals surface area (Å²) in [6.07, 6.45) is 3.69. The molecule has 5 heteroatoms. The highest BCUT2D eigenvalue weighted by atomic mass is 14.4. The van der Waals surface area contributed by atoms with Gasteiger partial charge in [0.15, 0.2) is 0 Å². The third-order valence-electron chi connectivity index (χ3n) is 4.76. The van der Waals surface area contributed by atoms with Crippen LogP contribution in [-0.2, 0) is 0 Å². The van der Waals surface area contributed by atoms with Gasteiger partial charge < -0.3 is 0 Å². The van der Waals surface area contributed by atoms with E-state index in [2.05, 4.69) is 18.2 Å². The van der Waals surface area contributed by atoms with Gasteiger partial charge in [-0.2, -0.15) is 26.3 Å². The van der Waals surface area contributed by atoms with E-state index in [1.165, 1.54) is 0 Å². The number of allylic oxidation sites excluding steroid dienone is 2. The molecule has 0 aliphatic heterocycles. The van der Waals surface area contributed by atoms with Crippen molar-refractivity contribution < 1.29 is 0 Å². The number of hydrogen-bond acceptors (Lipinski definition) is 5. The first-order valence-electron chi connectivity index (χ1n) is 8.45. The molecule has 0 radical (unpaired) electrons. The average Bonchev–Trinajstić information content (AvgIpc) is 2.65. The Kier molecular flexibility index (Phi) is 6.89. The third-order valence-corrected chi connectivity index (χ3v) is 4.76. The Morgan fingerprint density at radius 3 is 1.63 bits per heavy atom. The topological polar surface area (TPSA) is 119 Å². The Morgan fingerprint density at radius 1 is 0.741 bits per heavy atom. The fourth-order valence-corrected chi connectivity index (χ4v) is 2.99. The van der Waals surface area contributed by atoms with Crippen LogP contribution in [0.5, 0.6) is 0 Å². The molecule has 134 valence electrons. The van der Waals surface area contributed by atoms with Gasteiger partial charge in [-0.15, -0.1) is 0 Å². The fourth-order valence-electron chi connectivity index (χ4n) is 2.99. The zero-order valence-electron chi connectivity index (χ0n) is 15.9. The van der Waals surface area contributed by atoms with Gasteiger partial charge in [0.05, 0.1) is 35.9 Å². The highest BCUT2D eigenvalue weighted by molar-refractivity contribution is 5.36. The lowest BCUT2D eigenvalue weighted by Gasteiger charge is -2.34. The summed E-state index contributed by atoms with van der Waals surface area (Å²) >= 11 is 0. The van der Waals surface area contributed by atoms with Crippen LogP contribution in [0.1, 0.15) is 44.7 Å². The third kappa shape index (κ3) is 4.95. The van der Waals surface area contributed by atoms with E-state index in [0.29, 0.717) is 5.56 Å². The van der Waals surface area contributed by atoms with E-state index in [-0.39, 0.29) is 0 Å². The number of hydrogen-bond donors (Lipinski definition) is 0. The SMILES string of the molecule is CC(C)(/C=C/C(C)(C)C(c1ccc(C#N)cc1)C(C#N)C#N)C(C#N)C#N. The van der Waals surface area contributed by atoms with Crippen molar-refractivity contribution in [3.8, 4) is 30.3 Å². The predicted octanol–water partition coefficient (Wildman–Crippen LogP) is 4.58. The average molecular weight is 355 g/mol. The van der Waals surface area contributed by atoms with Gasteiger partial charge in [0.2, 0.25) is 0 Å². The summed E-state index contributed by atoms with van der Waals surface area (Å²) in [6, 6.07) is 17.0. The predicted molar refractivity (Wildman–Crippen MR) is 100 cm³/mol. The van der Waals surface area contributed by atoms with Gasteiger partial charge in [-0.05, 0) is 23.1 Å². The van der Waals surface area contributed by atoms with Crippen molar-refractivity contribution in [3.63, 3.8) is 0 Å². The van der Waals surface area contributed by atoms with Crippen LogP contribution in [0.25, 0.3) is 0 Å². The Morgan fingerprint density at radius 2 is 1.22 bits per heavy atom. The lowest BCUT2D eigenvalue weighted by atomic mass is 9.67. The normalized spacial score (nSPS) is 12.6. The summed E-state index contributed by atoms with van der Waals surface area (Å²) in [6.45, 7) is 7.44. The molecule has 1 aromatic rings. The van der Waals surface area contributed by atoms with Crippen molar-refractivity contribution in [2.75, 3.05) is 0 Å². The number of benzene rings is 1. The minimum atomic E-state index is -0.886. The molecule has 1 aromatic carbocycles. The van der Waals surface area contributed by atoms with E-state index < -0.39 is 28.6 Å². The molecular weight excluding hydrogens is 334 g/mol. The summed E-state index contributed by atoms with van der Waals surface area (Å²) < 4.78 is 0. The van der Waals surface area contributed by atoms with E-state index in [0.717, 1.165) is 5.56 Å². The van der Waals surface area contributed by atoms with Crippen LogP contribution in [-0.4, -0.2) is 0 Å². The highest BCUT2D eigenvalue weighted by Gasteiger charge is 2.37. The number of rotatable bonds is 6. The first-order chi connectivity index (χ1) is 12.7. The molecule has 0 heterocycles. The maximum Gasteiger partial charge on any atom is 0.141 e. The van der Waals surface area contributed by atoms with Crippen molar-refractivity contribution in [3.05, 3.63) is 47.5 Å². The van der Waals surface area contributed by atoms with Crippen LogP contribution >= 0.6 is 0 Å². The van der Waals surface area contributed by atoms with E-state index in [9.17, 15) is 21.0 Å². The quantitative estimate of drug-likeness (QED) is 0.692. The fraction of sp³-hybridized carbons (Fsp3) is 0.409. The van der Waals surface area contributed by atoms with Crippen LogP contribution in [0.15, 0.2) is 36.4 Å². The maximum atomic E-state index is 9.48. The number of nitriles is 5. The van der Waals surface area contributed by atoms with E-state index in [1.807, 2.05) is 38.1 Å². The van der Waals surface area contributed by atoms with Crippen LogP contribution < -0.4 is 0 Å². The van der Waals surface area contributed by atoms with Gasteiger partial charge in [-0.25, -0.2) is 0 Å². The summed E-state index contributed by atoms with van der Waals surface area (Å²) in [4.78, 5) is 0. The van der Waals surface area contributed by atoms with E-state index >= 15 is 0 Å². The van der Waals surface area contributed by atoms with Gasteiger partial charge in [0.1, 0.15) is 11.8 Å². The van der Waals surface area contributed by atoms with Crippen LogP contribution in [0.4, 0.5) is 0 Å². The molecule has 0 spiro atoms. The van der Waals surface area contributed by atoms with Gasteiger partial charge in [0, 0.05) is 11.3 Å². The first-order valence-corrected chi connectivity index (χ1v) is 8.45. The molecule has 1 atom stereocenters. The molecule has 5 nitrogen and oxygen atoms in total. The van der Waals surface area contributed by atoms with Crippen molar-refractivity contribution in [2.24, 2.45) is 22.7 Å². The van der Waals surface area contributed by atoms with Crippen LogP contribution in [0.2, 0.25) is 0 Å². The lowest BCUT2D eigenvalue weighted by Crippen LogP contribution is -2.27. The van der Waals surface area contributed by atoms with E-state index in [1.54, 1.807) is 38.1 Å². The summed E-state index contributed by atoms with van der Waals surface area (Å²) in [5.41, 5.74) is 0.0110. The molecule has 0 N–H and O–H groups in total. The summed E-state index contributed by atoms with van der Waals surface area (Å²) in [5.74, 6) is -2.13. The smallest absolute Gasteiger partial charge is 0.141 e. The minimum absolute atomic E-state index is 0.435. The zero-order chi connectivity index (χ0) is 20.7. The molecule has 0 aliphatic carbocycles. The van der Waals surface area contributed by atoms with E-state index in [4.69, 9.17) is 5.26 Å². The van der Waals surface area contributed by atoms with Gasteiger partial charge in [-0.3, -0.25) is 0 Å². The maximum absolute atomic E-state index is 9.48. The molecule has 0 bridgehead atoms. The molecule has 0 aliphatic rings. The summed E-state index contributed by atoms with van der Waals surface area (Å²) in [5, 5.41) is 46.3. The van der Waals surface area contributed by atoms with Crippen molar-refractivity contribution in [2.45, 2.75) is 33.6 Å². The Bertz CT molecular complexity index is 874. The monoisotopic (exact) mass is 355 g/mol. The molecule has 0 saturated carbocycles. The largest absolute Gasteiger partial charge is 0.197 e. The first kappa shape index (κ1) is 21.5. The molecule has 0 saturated heterocycles. The van der Waals surface area contributed by atoms with Gasteiger partial charge in [0.25, 0.3) is 0 Å². The molecule has 0 fully saturated rings. The van der Waals surface area contributed by atoms with Gasteiger partial charge >= 0.3 is 0 Å². The molecule has 1 unspecified atom stereocenters. The van der Waals surface area contributed by atoms with Crippen LogP contribution in [0, 0.1) is 79.3 Å². The Hall–Kier alpha value is -3.59. The Labute approximate surface area is 161 Å². The number of nitrogens with zero attached hydrogens (tertiary/aromatic N) is 5. The van der Waals surface area contributed by atoms with Gasteiger partial charge in [-0.1, -0.05) is 52.0 Å². The molecule has 0 aromatic heterocycles. The van der Waals surface area contributed by atoms with Crippen molar-refractivity contribution in [1.29, 1.82) is 26.3 Å². The molecular formula is C22H21N5. The molecule has 0 amide bonds. The second kappa shape index (κ2) is 8.68. The highest BCUT2D eigenvalue weighted by Crippen LogP contribution is 2.43. The zero-order valence-corrected chi connectivity index (χ0v) is 15.9. The Balaban J connectivity index is 3.40. The standard InChI is InChI=1S/C22H21N5/c1-21(2,19(14-26)15-27)9-10-22(3,4)20(18(12-24)13-25)17-7-5-16(11-23)6-8-17/h5-10,18-20H,1-4H3/b10-9+. The molecule has 27 heavy (non-hydrogen) atoms. The summed E-state index contributed by atoms with van der Waals surface area (Å²) in [7, 11) is 0. The van der Waals surface area contributed by atoms with Crippen molar-refractivity contribution in [1.82, 2.24) is 0 Å². The second-order valence-corrected chi connectivity index (χ2v) is 7.61. The van der Waals surface area contributed by atoms with Crippen molar-refractivity contribution >= 4 is 0 Å². The lowest BCUT2D eigenvalue weighted by molar-refractivity contribution is 0.331. The van der Waals surface area contributed by atoms with Crippen LogP contribution in [0.3, 0.4) is 0 Å². The second-order valence-electron chi connectivity index (χ2n) is 7.61.